The topological polar surface area (TPSA) is 26.3 Å². The van der Waals surface area contributed by atoms with Crippen LogP contribution in [-0.2, 0) is 17.1 Å². The average molecular weight is 629 g/mol. The number of aryl methyl sites for hydroxylation is 2. The van der Waals surface area contributed by atoms with Gasteiger partial charge < -0.3 is 23.7 Å². The zero-order valence-electron chi connectivity index (χ0n) is 25.3. The number of furan rings is 2. The van der Waals surface area contributed by atoms with E-state index in [2.05, 4.69) is 93.6 Å². The van der Waals surface area contributed by atoms with E-state index in [0.29, 0.717) is 17.2 Å². The van der Waals surface area contributed by atoms with Gasteiger partial charge >= 0.3 is 17.1 Å². The molecule has 5 heteroatoms. The largest absolute Gasteiger partial charge is 2.00 e. The first kappa shape index (κ1) is 35.3. The molecule has 1 fully saturated rings. The van der Waals surface area contributed by atoms with Crippen molar-refractivity contribution < 1.29 is 25.9 Å². The zero-order chi connectivity index (χ0) is 26.3. The summed E-state index contributed by atoms with van der Waals surface area (Å²) in [7, 11) is -1.13. The molecule has 0 aliphatic heterocycles. The first-order valence-electron chi connectivity index (χ1n) is 14.1. The van der Waals surface area contributed by atoms with Gasteiger partial charge in [0.2, 0.25) is 0 Å². The fourth-order valence-electron chi connectivity index (χ4n) is 6.12. The molecule has 4 aromatic rings. The van der Waals surface area contributed by atoms with Gasteiger partial charge in [0.25, 0.3) is 0 Å². The van der Waals surface area contributed by atoms with E-state index in [1.165, 1.54) is 60.3 Å². The fraction of sp³-hybridized carbons (Fsp3) is 0.333. The summed E-state index contributed by atoms with van der Waals surface area (Å²) in [6, 6.07) is 26.4. The Morgan fingerprint density at radius 3 is 1.61 bits per heavy atom. The van der Waals surface area contributed by atoms with Crippen LogP contribution < -0.4 is 21.6 Å². The van der Waals surface area contributed by atoms with Crippen LogP contribution in [0.5, 0.6) is 0 Å². The third-order valence-corrected chi connectivity index (χ3v) is 14.0. The number of hydrogen-bond donors (Lipinski definition) is 0. The summed E-state index contributed by atoms with van der Waals surface area (Å²) in [6.45, 7) is 7.08. The Kier molecular flexibility index (Phi) is 14.9. The predicted molar refractivity (Wildman–Crippen MR) is 179 cm³/mol. The van der Waals surface area contributed by atoms with Crippen molar-refractivity contribution >= 4 is 37.5 Å². The predicted octanol–water partition coefficient (Wildman–Crippen LogP) is 9.24. The van der Waals surface area contributed by atoms with E-state index in [-0.39, 0.29) is 31.9 Å². The molecule has 0 saturated heterocycles. The van der Waals surface area contributed by atoms with Gasteiger partial charge in [0.1, 0.15) is 11.0 Å². The molecule has 3 atom stereocenters. The summed E-state index contributed by atoms with van der Waals surface area (Å²) in [6.07, 6.45) is 15.9. The van der Waals surface area contributed by atoms with Crippen molar-refractivity contribution in [3.8, 4) is 0 Å². The van der Waals surface area contributed by atoms with E-state index in [0.717, 1.165) is 11.0 Å². The van der Waals surface area contributed by atoms with Crippen molar-refractivity contribution in [3.05, 3.63) is 123 Å². The summed E-state index contributed by atoms with van der Waals surface area (Å²) in [5, 5.41) is 3.06. The van der Waals surface area contributed by atoms with E-state index in [4.69, 9.17) is 8.83 Å². The minimum absolute atomic E-state index is 0. The Hall–Kier alpha value is -1.88. The first-order valence-corrected chi connectivity index (χ1v) is 16.9. The quantitative estimate of drug-likeness (QED) is 0.0883. The van der Waals surface area contributed by atoms with Gasteiger partial charge in [-0.05, 0) is 117 Å². The molecular formula is C36H46FeO2P2. The molecule has 220 valence electrons. The molecule has 41 heavy (non-hydrogen) atoms. The number of rotatable bonds is 7. The number of hydrogen-bond acceptors (Lipinski definition) is 2. The van der Waals surface area contributed by atoms with E-state index >= 15 is 0 Å². The van der Waals surface area contributed by atoms with Gasteiger partial charge in [-0.3, -0.25) is 0 Å². The van der Waals surface area contributed by atoms with Gasteiger partial charge in [0, 0.05) is 7.92 Å². The molecule has 2 aromatic carbocycles. The number of allylic oxidation sites excluding steroid dienone is 2. The maximum atomic E-state index is 6.00. The summed E-state index contributed by atoms with van der Waals surface area (Å²) in [5.41, 5.74) is 6.16. The van der Waals surface area contributed by atoms with Crippen molar-refractivity contribution in [3.63, 3.8) is 0 Å². The van der Waals surface area contributed by atoms with Gasteiger partial charge in [0.15, 0.2) is 0 Å². The average Bonchev–Trinajstić information content (AvgIpc) is 3.77. The summed E-state index contributed by atoms with van der Waals surface area (Å²) in [4.78, 5) is 0. The maximum Gasteiger partial charge on any atom is 2.00 e. The molecule has 1 saturated carbocycles. The Bertz CT molecular complexity index is 1210. The molecule has 2 aliphatic rings. The van der Waals surface area contributed by atoms with E-state index in [9.17, 15) is 0 Å². The van der Waals surface area contributed by atoms with Crippen LogP contribution in [0, 0.1) is 34.6 Å². The van der Waals surface area contributed by atoms with Crippen molar-refractivity contribution in [2.45, 2.75) is 70.6 Å². The number of benzene rings is 2. The third-order valence-electron chi connectivity index (χ3n) is 8.04. The second-order valence-corrected chi connectivity index (χ2v) is 15.3. The van der Waals surface area contributed by atoms with Crippen molar-refractivity contribution in [1.29, 1.82) is 0 Å². The fourth-order valence-corrected chi connectivity index (χ4v) is 12.5. The molecule has 0 bridgehead atoms. The normalized spacial score (nSPS) is 18.2. The third kappa shape index (κ3) is 8.36. The van der Waals surface area contributed by atoms with Gasteiger partial charge in [-0.15, -0.1) is 0 Å². The molecule has 6 rings (SSSR count). The minimum atomic E-state index is -0.651. The Balaban J connectivity index is 0.000000667. The zero-order valence-corrected chi connectivity index (χ0v) is 28.2. The van der Waals surface area contributed by atoms with E-state index < -0.39 is 15.8 Å². The molecule has 2 aromatic heterocycles. The second-order valence-electron chi connectivity index (χ2n) is 10.5. The van der Waals surface area contributed by atoms with Crippen LogP contribution in [0.25, 0.3) is 0 Å². The van der Waals surface area contributed by atoms with Crippen LogP contribution in [0.1, 0.15) is 56.6 Å². The van der Waals surface area contributed by atoms with Crippen LogP contribution in [0.15, 0.2) is 106 Å². The SMILES string of the molecule is C1=CCCC1.Cc1ccccc1P(c1ccccc1C)[C@@H](C)C1CCCC1P(c1ccco1)c1ccco1.[CH3-].[CH3-].[Fe+2]. The van der Waals surface area contributed by atoms with Gasteiger partial charge in [0.05, 0.1) is 12.5 Å². The standard InChI is InChI=1S/C29H32O2P2.C5H8.2CH3.Fe/c1-21-11-4-6-14-25(21)32(26-15-7-5-12-22(26)2)23(3)24-13-8-16-27(24)33(28-17-9-19-30-28)29-18-10-20-31-29;1-2-4-5-3-1;;;/h4-7,9-12,14-15,17-20,23-24,27H,8,13,16H2,1-3H3;1-2H,3-5H2;2*1H3;/q;;2*-1;+2/t23-,24?,27?;;;;/m0..../s1. The van der Waals surface area contributed by atoms with Crippen molar-refractivity contribution in [2.24, 2.45) is 5.92 Å². The van der Waals surface area contributed by atoms with Crippen LogP contribution >= 0.6 is 15.8 Å². The molecule has 2 aliphatic carbocycles. The Morgan fingerprint density at radius 1 is 0.683 bits per heavy atom. The van der Waals surface area contributed by atoms with Gasteiger partial charge in [-0.2, -0.15) is 0 Å². The molecular weight excluding hydrogens is 582 g/mol. The van der Waals surface area contributed by atoms with Gasteiger partial charge in [-0.25, -0.2) is 0 Å². The molecule has 2 nitrogen and oxygen atoms in total. The Morgan fingerprint density at radius 2 is 1.20 bits per heavy atom. The van der Waals surface area contributed by atoms with E-state index in [1.54, 1.807) is 0 Å². The van der Waals surface area contributed by atoms with Crippen LogP contribution in [0.4, 0.5) is 0 Å². The molecule has 0 amide bonds. The van der Waals surface area contributed by atoms with Crippen molar-refractivity contribution in [1.82, 2.24) is 0 Å². The smallest absolute Gasteiger partial charge is 0.464 e. The summed E-state index contributed by atoms with van der Waals surface area (Å²) < 4.78 is 12.0. The summed E-state index contributed by atoms with van der Waals surface area (Å²) >= 11 is 0. The molecule has 0 spiro atoms. The molecule has 0 radical (unpaired) electrons. The summed E-state index contributed by atoms with van der Waals surface area (Å²) in [5.74, 6) is 0.636. The maximum absolute atomic E-state index is 6.00. The minimum Gasteiger partial charge on any atom is -0.464 e. The molecule has 2 heterocycles. The van der Waals surface area contributed by atoms with Crippen LogP contribution in [0.2, 0.25) is 0 Å². The van der Waals surface area contributed by atoms with E-state index in [1.807, 2.05) is 24.7 Å². The Labute approximate surface area is 262 Å². The van der Waals surface area contributed by atoms with Crippen LogP contribution in [0.3, 0.4) is 0 Å². The van der Waals surface area contributed by atoms with Crippen molar-refractivity contribution in [2.75, 3.05) is 0 Å². The first-order chi connectivity index (χ1) is 18.6. The monoisotopic (exact) mass is 628 g/mol. The molecule has 2 unspecified atom stereocenters. The van der Waals surface area contributed by atoms with Crippen LogP contribution in [-0.4, -0.2) is 11.3 Å². The van der Waals surface area contributed by atoms with Gasteiger partial charge in [-0.1, -0.05) is 74.0 Å². The second kappa shape index (κ2) is 17.3. The molecule has 0 N–H and O–H groups in total.